The molecule has 0 radical (unpaired) electrons. The predicted molar refractivity (Wildman–Crippen MR) is 66.8 cm³/mol. The molecule has 0 aromatic heterocycles. The molecule has 0 saturated carbocycles. The molecular weight excluding hydrogens is 256 g/mol. The minimum absolute atomic E-state index is 0.0971. The number of methoxy groups -OCH3 is 1. The zero-order valence-electron chi connectivity index (χ0n) is 10.6. The molecule has 6 heteroatoms. The lowest BCUT2D eigenvalue weighted by molar-refractivity contribution is -0.0331. The van der Waals surface area contributed by atoms with Crippen molar-refractivity contribution in [3.63, 3.8) is 0 Å². The van der Waals surface area contributed by atoms with E-state index >= 15 is 0 Å². The van der Waals surface area contributed by atoms with Crippen molar-refractivity contribution < 1.29 is 22.1 Å². The van der Waals surface area contributed by atoms with Gasteiger partial charge in [0.05, 0.1) is 18.1 Å². The Morgan fingerprint density at radius 3 is 2.39 bits per heavy atom. The maximum absolute atomic E-state index is 11.7. The van der Waals surface area contributed by atoms with Crippen LogP contribution in [0, 0.1) is 6.92 Å². The summed E-state index contributed by atoms with van der Waals surface area (Å²) in [5.41, 5.74) is 1.00. The van der Waals surface area contributed by atoms with Gasteiger partial charge in [0.15, 0.2) is 0 Å². The smallest absolute Gasteiger partial charge is 0.296 e. The van der Waals surface area contributed by atoms with E-state index in [1.54, 1.807) is 12.1 Å². The molecule has 1 rings (SSSR count). The lowest BCUT2D eigenvalue weighted by Gasteiger charge is -2.06. The summed E-state index contributed by atoms with van der Waals surface area (Å²) in [7, 11) is -2.13. The van der Waals surface area contributed by atoms with Gasteiger partial charge < -0.3 is 9.47 Å². The normalized spacial score (nSPS) is 11.7. The van der Waals surface area contributed by atoms with Crippen molar-refractivity contribution in [2.75, 3.05) is 27.1 Å². The van der Waals surface area contributed by atoms with Crippen molar-refractivity contribution in [2.45, 2.75) is 18.2 Å². The summed E-state index contributed by atoms with van der Waals surface area (Å²) in [5.74, 6) is 0. The standard InChI is InChI=1S/C12H18O5S/c1-11-4-6-12(7-5-11)18(13,14)17-9-3-8-16-10-15-2/h4-7H,3,8-10H2,1-2H3. The van der Waals surface area contributed by atoms with Crippen molar-refractivity contribution in [3.8, 4) is 0 Å². The van der Waals surface area contributed by atoms with E-state index in [2.05, 4.69) is 4.74 Å². The first kappa shape index (κ1) is 15.1. The Morgan fingerprint density at radius 1 is 1.11 bits per heavy atom. The lowest BCUT2D eigenvalue weighted by atomic mass is 10.2. The first-order chi connectivity index (χ1) is 8.56. The zero-order valence-corrected chi connectivity index (χ0v) is 11.4. The third-order valence-corrected chi connectivity index (χ3v) is 3.51. The molecule has 0 amide bonds. The van der Waals surface area contributed by atoms with Gasteiger partial charge in [0.2, 0.25) is 0 Å². The van der Waals surface area contributed by atoms with Gasteiger partial charge in [-0.25, -0.2) is 0 Å². The average molecular weight is 274 g/mol. The Bertz CT molecular complexity index is 438. The monoisotopic (exact) mass is 274 g/mol. The van der Waals surface area contributed by atoms with Gasteiger partial charge in [0.1, 0.15) is 6.79 Å². The van der Waals surface area contributed by atoms with Crippen LogP contribution in [0.4, 0.5) is 0 Å². The maximum Gasteiger partial charge on any atom is 0.296 e. The van der Waals surface area contributed by atoms with Gasteiger partial charge in [-0.15, -0.1) is 0 Å². The molecule has 0 heterocycles. The van der Waals surface area contributed by atoms with Crippen LogP contribution in [0.5, 0.6) is 0 Å². The lowest BCUT2D eigenvalue weighted by Crippen LogP contribution is -2.09. The summed E-state index contributed by atoms with van der Waals surface area (Å²) >= 11 is 0. The molecule has 102 valence electrons. The summed E-state index contributed by atoms with van der Waals surface area (Å²) in [6, 6.07) is 6.54. The molecule has 5 nitrogen and oxygen atoms in total. The average Bonchev–Trinajstić information content (AvgIpc) is 2.34. The van der Waals surface area contributed by atoms with Crippen molar-refractivity contribution in [2.24, 2.45) is 0 Å². The molecule has 0 N–H and O–H groups in total. The highest BCUT2D eigenvalue weighted by molar-refractivity contribution is 7.86. The highest BCUT2D eigenvalue weighted by Crippen LogP contribution is 2.13. The van der Waals surface area contributed by atoms with E-state index in [0.717, 1.165) is 5.56 Å². The number of ether oxygens (including phenoxy) is 2. The number of rotatable bonds is 8. The molecule has 1 aromatic rings. The molecule has 0 aliphatic rings. The summed E-state index contributed by atoms with van der Waals surface area (Å²) in [5, 5.41) is 0. The molecule has 0 unspecified atom stereocenters. The van der Waals surface area contributed by atoms with Crippen molar-refractivity contribution in [3.05, 3.63) is 29.8 Å². The number of benzene rings is 1. The van der Waals surface area contributed by atoms with Gasteiger partial charge in [-0.1, -0.05) is 17.7 Å². The Hall–Kier alpha value is -0.950. The van der Waals surface area contributed by atoms with Crippen LogP contribution in [0.1, 0.15) is 12.0 Å². The molecule has 0 aliphatic carbocycles. The van der Waals surface area contributed by atoms with Crippen molar-refractivity contribution in [1.29, 1.82) is 0 Å². The Labute approximate surface area is 108 Å². The van der Waals surface area contributed by atoms with Gasteiger partial charge >= 0.3 is 0 Å². The van der Waals surface area contributed by atoms with Crippen LogP contribution in [-0.2, 0) is 23.8 Å². The molecular formula is C12H18O5S. The largest absolute Gasteiger partial charge is 0.359 e. The van der Waals surface area contributed by atoms with Gasteiger partial charge in [0, 0.05) is 7.11 Å². The SMILES string of the molecule is COCOCCCOS(=O)(=O)c1ccc(C)cc1. The first-order valence-electron chi connectivity index (χ1n) is 5.59. The second kappa shape index (κ2) is 7.48. The van der Waals surface area contributed by atoms with Crippen LogP contribution in [0.15, 0.2) is 29.2 Å². The Morgan fingerprint density at radius 2 is 1.78 bits per heavy atom. The van der Waals surface area contributed by atoms with Gasteiger partial charge in [-0.3, -0.25) is 4.18 Å². The van der Waals surface area contributed by atoms with E-state index in [0.29, 0.717) is 13.0 Å². The predicted octanol–water partition coefficient (Wildman–Crippen LogP) is 1.71. The molecule has 0 aliphatic heterocycles. The Kier molecular flexibility index (Phi) is 6.28. The van der Waals surface area contributed by atoms with Crippen LogP contribution < -0.4 is 0 Å². The van der Waals surface area contributed by atoms with Crippen molar-refractivity contribution in [1.82, 2.24) is 0 Å². The maximum atomic E-state index is 11.7. The van der Waals surface area contributed by atoms with Crippen LogP contribution in [-0.4, -0.2) is 35.5 Å². The summed E-state index contributed by atoms with van der Waals surface area (Å²) in [6.45, 7) is 2.59. The second-order valence-corrected chi connectivity index (χ2v) is 5.37. The van der Waals surface area contributed by atoms with E-state index in [1.807, 2.05) is 6.92 Å². The van der Waals surface area contributed by atoms with Crippen LogP contribution in [0.2, 0.25) is 0 Å². The zero-order chi connectivity index (χ0) is 13.4. The highest BCUT2D eigenvalue weighted by atomic mass is 32.2. The summed E-state index contributed by atoms with van der Waals surface area (Å²) < 4.78 is 38.1. The van der Waals surface area contributed by atoms with Gasteiger partial charge in [0.25, 0.3) is 10.1 Å². The fraction of sp³-hybridized carbons (Fsp3) is 0.500. The minimum atomic E-state index is -3.66. The fourth-order valence-electron chi connectivity index (χ4n) is 1.24. The third-order valence-electron chi connectivity index (χ3n) is 2.18. The highest BCUT2D eigenvalue weighted by Gasteiger charge is 2.14. The minimum Gasteiger partial charge on any atom is -0.359 e. The van der Waals surface area contributed by atoms with Crippen LogP contribution in [0.3, 0.4) is 0 Å². The number of aryl methyl sites for hydroxylation is 1. The molecule has 0 spiro atoms. The number of hydrogen-bond acceptors (Lipinski definition) is 5. The van der Waals surface area contributed by atoms with Gasteiger partial charge in [-0.2, -0.15) is 8.42 Å². The van der Waals surface area contributed by atoms with Crippen molar-refractivity contribution >= 4 is 10.1 Å². The number of hydrogen-bond donors (Lipinski definition) is 0. The molecule has 0 fully saturated rings. The molecule has 1 aromatic carbocycles. The first-order valence-corrected chi connectivity index (χ1v) is 7.00. The molecule has 0 atom stereocenters. The molecule has 18 heavy (non-hydrogen) atoms. The van der Waals surface area contributed by atoms with E-state index in [9.17, 15) is 8.42 Å². The van der Waals surface area contributed by atoms with E-state index in [-0.39, 0.29) is 18.3 Å². The quantitative estimate of drug-likeness (QED) is 0.410. The Balaban J connectivity index is 2.38. The third kappa shape index (κ3) is 5.14. The summed E-state index contributed by atoms with van der Waals surface area (Å²) in [4.78, 5) is 0.172. The second-order valence-electron chi connectivity index (χ2n) is 3.76. The van der Waals surface area contributed by atoms with E-state index in [1.165, 1.54) is 19.2 Å². The molecule has 0 bridgehead atoms. The fourth-order valence-corrected chi connectivity index (χ4v) is 2.19. The summed E-state index contributed by atoms with van der Waals surface area (Å²) in [6.07, 6.45) is 0.494. The van der Waals surface area contributed by atoms with Crippen LogP contribution >= 0.6 is 0 Å². The van der Waals surface area contributed by atoms with Gasteiger partial charge in [-0.05, 0) is 25.5 Å². The van der Waals surface area contributed by atoms with Crippen LogP contribution in [0.25, 0.3) is 0 Å². The van der Waals surface area contributed by atoms with E-state index in [4.69, 9.17) is 8.92 Å². The van der Waals surface area contributed by atoms with E-state index < -0.39 is 10.1 Å². The molecule has 0 saturated heterocycles. The topological polar surface area (TPSA) is 61.8 Å².